The van der Waals surface area contributed by atoms with Crippen LogP contribution in [0.3, 0.4) is 0 Å². The quantitative estimate of drug-likeness (QED) is 0.793. The molecule has 3 N–H and O–H groups in total. The predicted octanol–water partition coefficient (Wildman–Crippen LogP) is 1.55. The van der Waals surface area contributed by atoms with Crippen molar-refractivity contribution in [2.75, 3.05) is 6.61 Å². The minimum Gasteiger partial charge on any atom is -0.494 e. The molecule has 1 unspecified atom stereocenters. The molecule has 0 aliphatic heterocycles. The molecule has 1 aromatic carbocycles. The van der Waals surface area contributed by atoms with E-state index in [-0.39, 0.29) is 11.9 Å². The lowest BCUT2D eigenvalue weighted by molar-refractivity contribution is -0.120. The van der Waals surface area contributed by atoms with Gasteiger partial charge in [-0.15, -0.1) is 0 Å². The Bertz CT molecular complexity index is 497. The van der Waals surface area contributed by atoms with Crippen molar-refractivity contribution in [1.82, 2.24) is 5.32 Å². The summed E-state index contributed by atoms with van der Waals surface area (Å²) in [5.74, 6) is 0.620. The Morgan fingerprint density at radius 3 is 2.90 bits per heavy atom. The topological polar surface area (TPSA) is 64.4 Å². The normalized spacial score (nSPS) is 18.6. The fraction of sp³-hybridized carbons (Fsp3) is 0.562. The number of hydrogen-bond acceptors (Lipinski definition) is 3. The second-order valence-electron chi connectivity index (χ2n) is 5.82. The first-order valence-electron chi connectivity index (χ1n) is 7.52. The summed E-state index contributed by atoms with van der Waals surface area (Å²) in [5.41, 5.74) is 8.26. The van der Waals surface area contributed by atoms with E-state index in [1.165, 1.54) is 24.0 Å². The highest BCUT2D eigenvalue weighted by Crippen LogP contribution is 2.26. The molecule has 0 saturated heterocycles. The number of hydrogen-bond donors (Lipinski definition) is 2. The van der Waals surface area contributed by atoms with Crippen molar-refractivity contribution >= 4 is 5.91 Å². The lowest BCUT2D eigenvalue weighted by Crippen LogP contribution is -2.43. The fourth-order valence-corrected chi connectivity index (χ4v) is 2.77. The average molecular weight is 274 g/mol. The van der Waals surface area contributed by atoms with Gasteiger partial charge in [0.05, 0.1) is 12.6 Å². The first-order valence-corrected chi connectivity index (χ1v) is 7.52. The molecule has 20 heavy (non-hydrogen) atoms. The van der Waals surface area contributed by atoms with E-state index in [0.29, 0.717) is 19.1 Å². The molecule has 108 valence electrons. The Kier molecular flexibility index (Phi) is 3.92. The van der Waals surface area contributed by atoms with Gasteiger partial charge in [-0.1, -0.05) is 6.07 Å². The predicted molar refractivity (Wildman–Crippen MR) is 77.7 cm³/mol. The summed E-state index contributed by atoms with van der Waals surface area (Å²) in [6, 6.07) is 6.53. The van der Waals surface area contributed by atoms with Crippen LogP contribution in [0.15, 0.2) is 18.2 Å². The van der Waals surface area contributed by atoms with Crippen LogP contribution in [0, 0.1) is 0 Å². The van der Waals surface area contributed by atoms with Gasteiger partial charge in [0.25, 0.3) is 0 Å². The molecule has 3 rings (SSSR count). The van der Waals surface area contributed by atoms with Crippen LogP contribution in [0.2, 0.25) is 0 Å². The van der Waals surface area contributed by atoms with Crippen LogP contribution >= 0.6 is 0 Å². The zero-order valence-electron chi connectivity index (χ0n) is 11.7. The summed E-state index contributed by atoms with van der Waals surface area (Å²) in [5, 5.41) is 3.26. The number of fused-ring (bicyclic) bond motifs is 1. The van der Waals surface area contributed by atoms with E-state index in [1.807, 2.05) is 6.07 Å². The number of rotatable bonds is 7. The molecule has 0 bridgehead atoms. The number of nitrogens with one attached hydrogen (secondary N) is 1. The van der Waals surface area contributed by atoms with Crippen molar-refractivity contribution < 1.29 is 9.53 Å². The van der Waals surface area contributed by atoms with Crippen LogP contribution in [0.25, 0.3) is 0 Å². The lowest BCUT2D eigenvalue weighted by Gasteiger charge is -2.15. The molecule has 1 fully saturated rings. The third-order valence-electron chi connectivity index (χ3n) is 4.10. The van der Waals surface area contributed by atoms with E-state index < -0.39 is 0 Å². The number of primary amides is 1. The van der Waals surface area contributed by atoms with Gasteiger partial charge < -0.3 is 15.8 Å². The molecular formula is C16H22N2O2. The Hall–Kier alpha value is -1.55. The second kappa shape index (κ2) is 5.83. The van der Waals surface area contributed by atoms with Gasteiger partial charge in [0, 0.05) is 12.5 Å². The number of amides is 1. The van der Waals surface area contributed by atoms with Crippen molar-refractivity contribution in [2.45, 2.75) is 50.6 Å². The maximum atomic E-state index is 11.4. The summed E-state index contributed by atoms with van der Waals surface area (Å²) in [6.45, 7) is 0.520. The smallest absolute Gasteiger partial charge is 0.234 e. The van der Waals surface area contributed by atoms with E-state index in [0.717, 1.165) is 25.0 Å². The molecule has 1 aromatic rings. The Morgan fingerprint density at radius 1 is 1.35 bits per heavy atom. The van der Waals surface area contributed by atoms with Gasteiger partial charge in [-0.05, 0) is 55.4 Å². The van der Waals surface area contributed by atoms with Crippen LogP contribution in [0.4, 0.5) is 0 Å². The van der Waals surface area contributed by atoms with E-state index >= 15 is 0 Å². The summed E-state index contributed by atoms with van der Waals surface area (Å²) < 4.78 is 5.77. The Balaban J connectivity index is 1.49. The number of carbonyl (C=O) groups is 1. The van der Waals surface area contributed by atoms with Gasteiger partial charge in [-0.25, -0.2) is 0 Å². The van der Waals surface area contributed by atoms with Crippen LogP contribution in [-0.2, 0) is 17.6 Å². The number of aryl methyl sites for hydroxylation is 2. The largest absolute Gasteiger partial charge is 0.494 e. The Labute approximate surface area is 119 Å². The van der Waals surface area contributed by atoms with E-state index in [9.17, 15) is 4.79 Å². The minimum atomic E-state index is -0.283. The van der Waals surface area contributed by atoms with Crippen LogP contribution < -0.4 is 15.8 Å². The van der Waals surface area contributed by atoms with Gasteiger partial charge >= 0.3 is 0 Å². The van der Waals surface area contributed by atoms with Crippen molar-refractivity contribution in [3.63, 3.8) is 0 Å². The molecule has 1 saturated carbocycles. The number of carbonyl (C=O) groups excluding carboxylic acids is 1. The highest BCUT2D eigenvalue weighted by molar-refractivity contribution is 5.79. The molecule has 0 radical (unpaired) electrons. The monoisotopic (exact) mass is 274 g/mol. The van der Waals surface area contributed by atoms with Gasteiger partial charge in [-0.3, -0.25) is 4.79 Å². The molecule has 2 aliphatic carbocycles. The first-order chi connectivity index (χ1) is 9.72. The maximum Gasteiger partial charge on any atom is 0.234 e. The van der Waals surface area contributed by atoms with Gasteiger partial charge in [0.2, 0.25) is 5.91 Å². The molecule has 0 heterocycles. The molecule has 0 spiro atoms. The van der Waals surface area contributed by atoms with Crippen LogP contribution in [0.5, 0.6) is 5.75 Å². The molecule has 1 amide bonds. The molecule has 4 heteroatoms. The SMILES string of the molecule is NC(=O)C(CCOc1ccc2c(c1)CCC2)NC1CC1. The Morgan fingerprint density at radius 2 is 2.15 bits per heavy atom. The highest BCUT2D eigenvalue weighted by Gasteiger charge is 2.27. The van der Waals surface area contributed by atoms with Crippen LogP contribution in [-0.4, -0.2) is 24.6 Å². The molecule has 0 aromatic heterocycles. The number of ether oxygens (including phenoxy) is 1. The summed E-state index contributed by atoms with van der Waals surface area (Å²) in [6.07, 6.45) is 6.51. The fourth-order valence-electron chi connectivity index (χ4n) is 2.77. The highest BCUT2D eigenvalue weighted by atomic mass is 16.5. The van der Waals surface area contributed by atoms with Crippen LogP contribution in [0.1, 0.15) is 36.8 Å². The molecule has 1 atom stereocenters. The first kappa shape index (κ1) is 13.4. The van der Waals surface area contributed by atoms with E-state index in [1.54, 1.807) is 0 Å². The zero-order valence-corrected chi connectivity index (χ0v) is 11.7. The third kappa shape index (κ3) is 3.31. The number of nitrogens with two attached hydrogens (primary N) is 1. The van der Waals surface area contributed by atoms with Gasteiger partial charge in [0.15, 0.2) is 0 Å². The summed E-state index contributed by atoms with van der Waals surface area (Å²) in [7, 11) is 0. The second-order valence-corrected chi connectivity index (χ2v) is 5.82. The average Bonchev–Trinajstić information content (AvgIpc) is 3.12. The van der Waals surface area contributed by atoms with E-state index in [2.05, 4.69) is 17.4 Å². The van der Waals surface area contributed by atoms with Crippen molar-refractivity contribution in [3.05, 3.63) is 29.3 Å². The van der Waals surface area contributed by atoms with Crippen molar-refractivity contribution in [1.29, 1.82) is 0 Å². The third-order valence-corrected chi connectivity index (χ3v) is 4.10. The van der Waals surface area contributed by atoms with Crippen molar-refractivity contribution in [3.8, 4) is 5.75 Å². The lowest BCUT2D eigenvalue weighted by atomic mass is 10.1. The zero-order chi connectivity index (χ0) is 13.9. The minimum absolute atomic E-state index is 0.267. The maximum absolute atomic E-state index is 11.4. The number of benzene rings is 1. The summed E-state index contributed by atoms with van der Waals surface area (Å²) >= 11 is 0. The molecule has 2 aliphatic rings. The molecular weight excluding hydrogens is 252 g/mol. The molecule has 4 nitrogen and oxygen atoms in total. The van der Waals surface area contributed by atoms with Gasteiger partial charge in [0.1, 0.15) is 5.75 Å². The standard InChI is InChI=1S/C16H22N2O2/c17-16(19)15(18-13-5-6-13)8-9-20-14-7-4-11-2-1-3-12(11)10-14/h4,7,10,13,15,18H,1-3,5-6,8-9H2,(H2,17,19). The summed E-state index contributed by atoms with van der Waals surface area (Å²) in [4.78, 5) is 11.4. The van der Waals surface area contributed by atoms with E-state index in [4.69, 9.17) is 10.5 Å². The van der Waals surface area contributed by atoms with Gasteiger partial charge in [-0.2, -0.15) is 0 Å². The van der Waals surface area contributed by atoms with Crippen molar-refractivity contribution in [2.24, 2.45) is 5.73 Å².